The van der Waals surface area contributed by atoms with E-state index in [0.717, 1.165) is 5.56 Å². The lowest BCUT2D eigenvalue weighted by atomic mass is 10.0. The molecule has 8 heteroatoms. The zero-order valence-corrected chi connectivity index (χ0v) is 13.9. The molecule has 0 radical (unpaired) electrons. The van der Waals surface area contributed by atoms with E-state index in [1.54, 1.807) is 6.07 Å². The number of rotatable bonds is 4. The number of nitrogens with zero attached hydrogens (tertiary/aromatic N) is 2. The Morgan fingerprint density at radius 3 is 2.69 bits per heavy atom. The quantitative estimate of drug-likeness (QED) is 0.903. The van der Waals surface area contributed by atoms with Gasteiger partial charge in [-0.3, -0.25) is 4.79 Å². The molecule has 136 valence electrons. The largest absolute Gasteiger partial charge is 0.478 e. The van der Waals surface area contributed by atoms with Gasteiger partial charge < -0.3 is 14.7 Å². The Balaban J connectivity index is 1.90. The molecule has 1 aliphatic heterocycles. The van der Waals surface area contributed by atoms with E-state index in [1.807, 2.05) is 0 Å². The summed E-state index contributed by atoms with van der Waals surface area (Å²) in [4.78, 5) is 29.5. The van der Waals surface area contributed by atoms with Gasteiger partial charge in [0.15, 0.2) is 0 Å². The number of pyridine rings is 1. The van der Waals surface area contributed by atoms with Gasteiger partial charge in [0.2, 0.25) is 0 Å². The monoisotopic (exact) mass is 362 g/mol. The molecule has 0 fully saturated rings. The molecule has 0 unspecified atom stereocenters. The molecular formula is C18H16F2N2O4. The van der Waals surface area contributed by atoms with E-state index >= 15 is 0 Å². The summed E-state index contributed by atoms with van der Waals surface area (Å²) >= 11 is 0. The van der Waals surface area contributed by atoms with Crippen LogP contribution in [0.5, 0.6) is 5.75 Å². The highest BCUT2D eigenvalue weighted by atomic mass is 19.3. The van der Waals surface area contributed by atoms with Gasteiger partial charge in [0.25, 0.3) is 5.91 Å². The van der Waals surface area contributed by atoms with Crippen LogP contribution in [0.4, 0.5) is 14.5 Å². The van der Waals surface area contributed by atoms with Crippen LogP contribution in [-0.4, -0.2) is 35.1 Å². The zero-order valence-electron chi connectivity index (χ0n) is 13.9. The summed E-state index contributed by atoms with van der Waals surface area (Å²) in [7, 11) is 0. The smallest absolute Gasteiger partial charge is 0.387 e. The first-order chi connectivity index (χ1) is 12.4. The number of benzene rings is 1. The first-order valence-electron chi connectivity index (χ1n) is 7.97. The number of carboxylic acid groups (broad SMARTS) is 1. The number of aromatic nitrogens is 1. The Labute approximate surface area is 148 Å². The van der Waals surface area contributed by atoms with Gasteiger partial charge in [0, 0.05) is 12.2 Å². The van der Waals surface area contributed by atoms with Gasteiger partial charge in [-0.1, -0.05) is 0 Å². The number of ether oxygens (including phenoxy) is 1. The van der Waals surface area contributed by atoms with Gasteiger partial charge in [-0.2, -0.15) is 8.78 Å². The Hall–Kier alpha value is -3.03. The summed E-state index contributed by atoms with van der Waals surface area (Å²) in [6.07, 6.45) is 1.31. The van der Waals surface area contributed by atoms with Gasteiger partial charge >= 0.3 is 12.6 Å². The molecule has 3 rings (SSSR count). The minimum absolute atomic E-state index is 0.0365. The highest BCUT2D eigenvalue weighted by Crippen LogP contribution is 2.32. The van der Waals surface area contributed by atoms with Crippen LogP contribution in [-0.2, 0) is 6.42 Å². The highest BCUT2D eigenvalue weighted by Gasteiger charge is 2.25. The first-order valence-corrected chi connectivity index (χ1v) is 7.97. The van der Waals surface area contributed by atoms with Crippen molar-refractivity contribution in [2.75, 3.05) is 11.4 Å². The number of aromatic carboxylic acids is 1. The summed E-state index contributed by atoms with van der Waals surface area (Å²) in [5.74, 6) is -1.43. The number of fused-ring (bicyclic) bond motifs is 1. The minimum atomic E-state index is -2.91. The second-order valence-corrected chi connectivity index (χ2v) is 5.86. The molecule has 0 saturated heterocycles. The SMILES string of the molecule is Cc1nc(C(=O)N2CCCc3cc(OC(F)F)ccc32)ccc1C(=O)O. The van der Waals surface area contributed by atoms with Crippen molar-refractivity contribution in [1.29, 1.82) is 0 Å². The Morgan fingerprint density at radius 1 is 1.27 bits per heavy atom. The van der Waals surface area contributed by atoms with Crippen molar-refractivity contribution in [3.8, 4) is 5.75 Å². The average molecular weight is 362 g/mol. The van der Waals surface area contributed by atoms with Crippen molar-refractivity contribution in [2.24, 2.45) is 0 Å². The Morgan fingerprint density at radius 2 is 2.04 bits per heavy atom. The van der Waals surface area contributed by atoms with Crippen LogP contribution < -0.4 is 9.64 Å². The van der Waals surface area contributed by atoms with Crippen LogP contribution in [0.1, 0.15) is 38.5 Å². The molecule has 1 aliphatic rings. The van der Waals surface area contributed by atoms with Gasteiger partial charge in [0.1, 0.15) is 11.4 Å². The first kappa shape index (κ1) is 17.8. The van der Waals surface area contributed by atoms with E-state index in [-0.39, 0.29) is 28.6 Å². The van der Waals surface area contributed by atoms with Crippen molar-refractivity contribution in [1.82, 2.24) is 4.98 Å². The topological polar surface area (TPSA) is 79.7 Å². The number of amides is 1. The van der Waals surface area contributed by atoms with E-state index in [9.17, 15) is 18.4 Å². The number of alkyl halides is 2. The van der Waals surface area contributed by atoms with E-state index in [4.69, 9.17) is 5.11 Å². The van der Waals surface area contributed by atoms with Crippen molar-refractivity contribution >= 4 is 17.6 Å². The van der Waals surface area contributed by atoms with Gasteiger partial charge in [-0.05, 0) is 55.7 Å². The molecule has 1 N–H and O–H groups in total. The molecule has 0 bridgehead atoms. The van der Waals surface area contributed by atoms with E-state index in [1.165, 1.54) is 36.1 Å². The molecule has 6 nitrogen and oxygen atoms in total. The number of carboxylic acids is 1. The lowest BCUT2D eigenvalue weighted by molar-refractivity contribution is -0.0498. The van der Waals surface area contributed by atoms with Crippen LogP contribution in [0, 0.1) is 6.92 Å². The third-order valence-electron chi connectivity index (χ3n) is 4.18. The van der Waals surface area contributed by atoms with E-state index < -0.39 is 12.6 Å². The zero-order chi connectivity index (χ0) is 18.8. The fraction of sp³-hybridized carbons (Fsp3) is 0.278. The molecule has 0 aliphatic carbocycles. The maximum absolute atomic E-state index is 12.8. The Kier molecular flexibility index (Phi) is 4.83. The number of anilines is 1. The molecule has 2 aromatic rings. The number of halogens is 2. The molecule has 2 heterocycles. The second-order valence-electron chi connectivity index (χ2n) is 5.86. The highest BCUT2D eigenvalue weighted by molar-refractivity contribution is 6.06. The van der Waals surface area contributed by atoms with Gasteiger partial charge in [-0.25, -0.2) is 9.78 Å². The molecule has 1 aromatic carbocycles. The van der Waals surface area contributed by atoms with Crippen LogP contribution in [0.25, 0.3) is 0 Å². The lowest BCUT2D eigenvalue weighted by Crippen LogP contribution is -2.36. The van der Waals surface area contributed by atoms with Crippen molar-refractivity contribution in [3.63, 3.8) is 0 Å². The third-order valence-corrected chi connectivity index (χ3v) is 4.18. The van der Waals surface area contributed by atoms with Crippen molar-refractivity contribution < 1.29 is 28.2 Å². The lowest BCUT2D eigenvalue weighted by Gasteiger charge is -2.29. The van der Waals surface area contributed by atoms with E-state index in [0.29, 0.717) is 25.1 Å². The maximum atomic E-state index is 12.8. The number of carbonyl (C=O) groups is 2. The van der Waals surface area contributed by atoms with Crippen LogP contribution in [0.2, 0.25) is 0 Å². The normalized spacial score (nSPS) is 13.5. The van der Waals surface area contributed by atoms with Crippen LogP contribution >= 0.6 is 0 Å². The minimum Gasteiger partial charge on any atom is -0.478 e. The number of hydrogen-bond donors (Lipinski definition) is 1. The molecule has 1 amide bonds. The molecule has 1 aromatic heterocycles. The van der Waals surface area contributed by atoms with Crippen LogP contribution in [0.15, 0.2) is 30.3 Å². The fourth-order valence-corrected chi connectivity index (χ4v) is 3.01. The molecule has 26 heavy (non-hydrogen) atoms. The van der Waals surface area contributed by atoms with Crippen molar-refractivity contribution in [3.05, 3.63) is 52.8 Å². The summed E-state index contributed by atoms with van der Waals surface area (Å²) in [5.41, 5.74) is 1.77. The van der Waals surface area contributed by atoms with Crippen LogP contribution in [0.3, 0.4) is 0 Å². The third kappa shape index (κ3) is 3.49. The van der Waals surface area contributed by atoms with Gasteiger partial charge in [0.05, 0.1) is 11.3 Å². The predicted octanol–water partition coefficient (Wildman–Crippen LogP) is 3.28. The van der Waals surface area contributed by atoms with Gasteiger partial charge in [-0.15, -0.1) is 0 Å². The van der Waals surface area contributed by atoms with Crippen molar-refractivity contribution in [2.45, 2.75) is 26.4 Å². The number of hydrogen-bond acceptors (Lipinski definition) is 4. The molecule has 0 saturated carbocycles. The summed E-state index contributed by atoms with van der Waals surface area (Å²) in [6, 6.07) is 7.20. The number of aryl methyl sites for hydroxylation is 2. The fourth-order valence-electron chi connectivity index (χ4n) is 3.01. The summed E-state index contributed by atoms with van der Waals surface area (Å²) in [5, 5.41) is 9.06. The Bertz CT molecular complexity index is 870. The second kappa shape index (κ2) is 7.07. The summed E-state index contributed by atoms with van der Waals surface area (Å²) in [6.45, 7) is -0.921. The summed E-state index contributed by atoms with van der Waals surface area (Å²) < 4.78 is 29.1. The van der Waals surface area contributed by atoms with E-state index in [2.05, 4.69) is 9.72 Å². The molecule has 0 spiro atoms. The molecular weight excluding hydrogens is 346 g/mol. The standard InChI is InChI=1S/C18H16F2N2O4/c1-10-13(17(24)25)5-6-14(21-10)16(23)22-8-2-3-11-9-12(26-18(19)20)4-7-15(11)22/h4-7,9,18H,2-3,8H2,1H3,(H,24,25). The predicted molar refractivity (Wildman–Crippen MR) is 89.0 cm³/mol. The maximum Gasteiger partial charge on any atom is 0.387 e. The average Bonchev–Trinajstić information content (AvgIpc) is 2.59. The molecule has 0 atom stereocenters. The number of carbonyl (C=O) groups excluding carboxylic acids is 1.